The van der Waals surface area contributed by atoms with Crippen LogP contribution in [0.3, 0.4) is 0 Å². The van der Waals surface area contributed by atoms with Gasteiger partial charge in [-0.2, -0.15) is 0 Å². The van der Waals surface area contributed by atoms with Crippen LogP contribution in [0, 0.1) is 6.42 Å². The number of hydrogen-bond acceptors (Lipinski definition) is 1. The van der Waals surface area contributed by atoms with Crippen molar-refractivity contribution < 1.29 is 4.18 Å². The highest BCUT2D eigenvalue weighted by Gasteiger charge is 2.59. The van der Waals surface area contributed by atoms with E-state index >= 15 is 0 Å². The molecular formula is C3H4BrOS. The van der Waals surface area contributed by atoms with Crippen molar-refractivity contribution in [3.63, 3.8) is 0 Å². The molecule has 0 N–H and O–H groups in total. The second kappa shape index (κ2) is 0.812. The molecule has 6 heavy (non-hydrogen) atoms. The smallest absolute Gasteiger partial charge is 0.187 e. The number of rotatable bonds is 0. The largest absolute Gasteiger partial charge is 0.306 e. The Hall–Kier alpha value is 0.790. The van der Waals surface area contributed by atoms with Crippen LogP contribution in [-0.4, -0.2) is 9.60 Å². The van der Waals surface area contributed by atoms with Gasteiger partial charge in [-0.25, -0.2) is 0 Å². The third-order valence-electron chi connectivity index (χ3n) is 1.05. The zero-order valence-corrected chi connectivity index (χ0v) is 5.50. The summed E-state index contributed by atoms with van der Waals surface area (Å²) < 4.78 is 5.28. The average molecular weight is 168 g/mol. The molecule has 2 rings (SSSR count). The fourth-order valence-electron chi connectivity index (χ4n) is 0.518. The second-order valence-corrected chi connectivity index (χ2v) is 5.23. The van der Waals surface area contributed by atoms with E-state index in [2.05, 4.69) is 22.4 Å². The summed E-state index contributed by atoms with van der Waals surface area (Å²) in [7, 11) is 0. The fourth-order valence-corrected chi connectivity index (χ4v) is 3.12. The molecule has 35 valence electrons. The van der Waals surface area contributed by atoms with Crippen LogP contribution in [0.1, 0.15) is 0 Å². The SMILES string of the molecule is Br[C@]12[CH]C[S@H]1O2. The second-order valence-electron chi connectivity index (χ2n) is 1.47. The van der Waals surface area contributed by atoms with Gasteiger partial charge in [-0.1, -0.05) is 0 Å². The van der Waals surface area contributed by atoms with E-state index in [1.54, 1.807) is 0 Å². The predicted octanol–water partition coefficient (Wildman–Crippen LogP) is 1.20. The van der Waals surface area contributed by atoms with Crippen LogP contribution in [0.4, 0.5) is 0 Å². The summed E-state index contributed by atoms with van der Waals surface area (Å²) in [5.41, 5.74) is 0. The molecule has 2 aliphatic heterocycles. The Balaban J connectivity index is 2.22. The van der Waals surface area contributed by atoms with E-state index in [9.17, 15) is 0 Å². The topological polar surface area (TPSA) is 12.5 Å². The summed E-state index contributed by atoms with van der Waals surface area (Å²) in [4.78, 5) is 0. The van der Waals surface area contributed by atoms with Crippen molar-refractivity contribution >= 4 is 27.1 Å². The number of fused-ring (bicyclic) bond motifs is 1. The normalized spacial score (nSPS) is 62.5. The lowest BCUT2D eigenvalue weighted by Crippen LogP contribution is -2.09. The molecule has 0 aromatic heterocycles. The van der Waals surface area contributed by atoms with Gasteiger partial charge >= 0.3 is 0 Å². The summed E-state index contributed by atoms with van der Waals surface area (Å²) >= 11 is 3.42. The Kier molecular flexibility index (Phi) is 0.508. The fraction of sp³-hybridized carbons (Fsp3) is 0.667. The quantitative estimate of drug-likeness (QED) is 0.325. The van der Waals surface area contributed by atoms with Gasteiger partial charge in [0.15, 0.2) is 3.84 Å². The van der Waals surface area contributed by atoms with Crippen molar-refractivity contribution in [3.05, 3.63) is 6.42 Å². The minimum Gasteiger partial charge on any atom is -0.306 e. The molecular weight excluding hydrogens is 164 g/mol. The molecule has 1 radical (unpaired) electrons. The van der Waals surface area contributed by atoms with Crippen molar-refractivity contribution in [2.24, 2.45) is 0 Å². The Labute approximate surface area is 47.7 Å². The number of thiol groups is 1. The van der Waals surface area contributed by atoms with Crippen molar-refractivity contribution in [1.82, 2.24) is 0 Å². The minimum absolute atomic E-state index is 0.0280. The van der Waals surface area contributed by atoms with Gasteiger partial charge in [-0.3, -0.25) is 0 Å². The van der Waals surface area contributed by atoms with E-state index in [4.69, 9.17) is 4.18 Å². The van der Waals surface area contributed by atoms with Gasteiger partial charge in [0.05, 0.1) is 0 Å². The predicted molar refractivity (Wildman–Crippen MR) is 30.9 cm³/mol. The maximum atomic E-state index is 5.14. The maximum absolute atomic E-state index is 5.14. The van der Waals surface area contributed by atoms with Gasteiger partial charge in [0.1, 0.15) is 0 Å². The molecule has 2 atom stereocenters. The third-order valence-corrected chi connectivity index (χ3v) is 4.79. The lowest BCUT2D eigenvalue weighted by Gasteiger charge is -2.10. The van der Waals surface area contributed by atoms with Gasteiger partial charge in [0.25, 0.3) is 0 Å². The molecule has 0 bridgehead atoms. The first-order valence-electron chi connectivity index (χ1n) is 1.81. The third kappa shape index (κ3) is 0.276. The molecule has 0 aliphatic carbocycles. The highest BCUT2D eigenvalue weighted by Crippen LogP contribution is 2.75. The van der Waals surface area contributed by atoms with Crippen LogP contribution in [0.5, 0.6) is 0 Å². The number of halogens is 1. The van der Waals surface area contributed by atoms with Crippen LogP contribution in [0.25, 0.3) is 0 Å². The molecule has 0 saturated carbocycles. The molecule has 2 aliphatic rings. The lowest BCUT2D eigenvalue weighted by atomic mass is 10.5. The van der Waals surface area contributed by atoms with E-state index in [0.717, 1.165) is 0 Å². The van der Waals surface area contributed by atoms with Gasteiger partial charge in [0, 0.05) is 12.2 Å². The highest BCUT2D eigenvalue weighted by atomic mass is 79.9. The standard InChI is InChI=1S/C3H4BrOS/c4-3-1-2-6(3)5-3/h1,6H,2H2/t3-/m0/s1. The Morgan fingerprint density at radius 1 is 2.00 bits per heavy atom. The first kappa shape index (κ1) is 3.75. The van der Waals surface area contributed by atoms with Gasteiger partial charge in [-0.05, 0) is 15.9 Å². The van der Waals surface area contributed by atoms with Crippen LogP contribution < -0.4 is 0 Å². The summed E-state index contributed by atoms with van der Waals surface area (Å²) in [6.45, 7) is 0. The Bertz CT molecular complexity index is 92.8. The first-order chi connectivity index (χ1) is 2.81. The van der Waals surface area contributed by atoms with Gasteiger partial charge < -0.3 is 4.18 Å². The Morgan fingerprint density at radius 2 is 2.67 bits per heavy atom. The molecule has 0 unspecified atom stereocenters. The highest BCUT2D eigenvalue weighted by molar-refractivity contribution is 9.13. The number of hydrogen-bond donors (Lipinski definition) is 1. The van der Waals surface area contributed by atoms with E-state index in [1.807, 2.05) is 0 Å². The summed E-state index contributed by atoms with van der Waals surface area (Å²) in [5, 5.41) is 0. The lowest BCUT2D eigenvalue weighted by molar-refractivity contribution is 0.482. The van der Waals surface area contributed by atoms with E-state index < -0.39 is 0 Å². The summed E-state index contributed by atoms with van der Waals surface area (Å²) in [6, 6.07) is 0. The van der Waals surface area contributed by atoms with Crippen molar-refractivity contribution in [2.75, 3.05) is 5.75 Å². The van der Waals surface area contributed by atoms with E-state index in [-0.39, 0.29) is 15.0 Å². The molecule has 2 fully saturated rings. The van der Waals surface area contributed by atoms with Crippen LogP contribution >= 0.6 is 27.1 Å². The van der Waals surface area contributed by atoms with Gasteiger partial charge in [-0.15, -0.1) is 11.2 Å². The Morgan fingerprint density at radius 3 is 2.67 bits per heavy atom. The van der Waals surface area contributed by atoms with Crippen molar-refractivity contribution in [2.45, 2.75) is 3.84 Å². The minimum atomic E-state index is 0.0280. The van der Waals surface area contributed by atoms with E-state index in [1.165, 1.54) is 5.75 Å². The monoisotopic (exact) mass is 167 g/mol. The van der Waals surface area contributed by atoms with Crippen LogP contribution in [0.2, 0.25) is 0 Å². The average Bonchev–Trinajstić information content (AvgIpc) is 1.88. The van der Waals surface area contributed by atoms with Crippen molar-refractivity contribution in [3.8, 4) is 0 Å². The summed E-state index contributed by atoms with van der Waals surface area (Å²) in [6.07, 6.45) is 2.17. The van der Waals surface area contributed by atoms with Gasteiger partial charge in [0.2, 0.25) is 0 Å². The number of alkyl halides is 1. The molecule has 1 nitrogen and oxygen atoms in total. The maximum Gasteiger partial charge on any atom is 0.187 e. The van der Waals surface area contributed by atoms with Crippen LogP contribution in [0.15, 0.2) is 0 Å². The molecule has 0 aromatic carbocycles. The zero-order chi connectivity index (χ0) is 4.20. The molecule has 0 amide bonds. The van der Waals surface area contributed by atoms with E-state index in [0.29, 0.717) is 0 Å². The summed E-state index contributed by atoms with van der Waals surface area (Å²) in [5.74, 6) is 1.21. The molecule has 0 aromatic rings. The van der Waals surface area contributed by atoms with Crippen molar-refractivity contribution in [1.29, 1.82) is 0 Å². The van der Waals surface area contributed by atoms with Crippen LogP contribution in [-0.2, 0) is 4.18 Å². The first-order valence-corrected chi connectivity index (χ1v) is 4.05. The molecule has 2 heterocycles. The molecule has 3 heteroatoms. The molecule has 0 spiro atoms. The zero-order valence-electron chi connectivity index (χ0n) is 3.02. The molecule has 2 saturated heterocycles.